The third-order valence-corrected chi connectivity index (χ3v) is 5.10. The topological polar surface area (TPSA) is 171 Å². The van der Waals surface area contributed by atoms with Gasteiger partial charge in [0.15, 0.2) is 0 Å². The van der Waals surface area contributed by atoms with E-state index in [0.717, 1.165) is 0 Å². The molecule has 4 unspecified atom stereocenters. The number of phenols is 1. The van der Waals surface area contributed by atoms with E-state index in [-0.39, 0.29) is 30.4 Å². The van der Waals surface area contributed by atoms with Crippen LogP contribution < -0.4 is 21.7 Å². The van der Waals surface area contributed by atoms with Crippen molar-refractivity contribution < 1.29 is 29.4 Å². The highest BCUT2D eigenvalue weighted by molar-refractivity contribution is 5.94. The second-order valence-electron chi connectivity index (χ2n) is 8.96. The van der Waals surface area contributed by atoms with Crippen LogP contribution in [0.3, 0.4) is 0 Å². The number of carboxylic acid groups (broad SMARTS) is 1. The first-order valence-electron chi connectivity index (χ1n) is 11.0. The van der Waals surface area contributed by atoms with E-state index in [1.54, 1.807) is 26.0 Å². The fraction of sp³-hybridized carbons (Fsp3) is 0.565. The predicted octanol–water partition coefficient (Wildman–Crippen LogP) is 0.523. The van der Waals surface area contributed by atoms with E-state index in [0.29, 0.717) is 5.56 Å². The maximum atomic E-state index is 12.9. The van der Waals surface area contributed by atoms with Crippen molar-refractivity contribution in [3.63, 3.8) is 0 Å². The number of aliphatic carboxylic acids is 1. The summed E-state index contributed by atoms with van der Waals surface area (Å²) in [4.78, 5) is 49.4. The molecule has 0 aliphatic rings. The fourth-order valence-electron chi connectivity index (χ4n) is 3.02. The minimum atomic E-state index is -1.17. The number of benzene rings is 1. The van der Waals surface area contributed by atoms with Gasteiger partial charge >= 0.3 is 5.97 Å². The Balaban J connectivity index is 3.00. The van der Waals surface area contributed by atoms with E-state index in [4.69, 9.17) is 5.73 Å². The highest BCUT2D eigenvalue weighted by Crippen LogP contribution is 2.12. The molecule has 10 heteroatoms. The summed E-state index contributed by atoms with van der Waals surface area (Å²) in [5.41, 5.74) is 6.45. The van der Waals surface area contributed by atoms with Crippen molar-refractivity contribution in [2.24, 2.45) is 17.6 Å². The summed E-state index contributed by atoms with van der Waals surface area (Å²) in [6.07, 6.45) is 0.276. The molecule has 0 aliphatic heterocycles. The number of hydrogen-bond acceptors (Lipinski definition) is 6. The van der Waals surface area contributed by atoms with Crippen LogP contribution in [0.1, 0.15) is 46.6 Å². The molecular weight excluding hydrogens is 428 g/mol. The van der Waals surface area contributed by atoms with Gasteiger partial charge in [0.1, 0.15) is 23.9 Å². The molecule has 1 aromatic carbocycles. The second-order valence-corrected chi connectivity index (χ2v) is 8.96. The number of carboxylic acids is 1. The monoisotopic (exact) mass is 464 g/mol. The first-order chi connectivity index (χ1) is 15.3. The number of nitrogens with one attached hydrogen (secondary N) is 3. The van der Waals surface area contributed by atoms with Gasteiger partial charge in [-0.15, -0.1) is 0 Å². The number of carbonyl (C=O) groups is 4. The Morgan fingerprint density at radius 1 is 0.848 bits per heavy atom. The van der Waals surface area contributed by atoms with Crippen LogP contribution >= 0.6 is 0 Å². The molecule has 0 spiro atoms. The van der Waals surface area contributed by atoms with Crippen molar-refractivity contribution in [2.45, 2.75) is 71.6 Å². The van der Waals surface area contributed by atoms with Crippen LogP contribution in [0, 0.1) is 11.8 Å². The van der Waals surface area contributed by atoms with Crippen LogP contribution in [-0.2, 0) is 25.6 Å². The van der Waals surface area contributed by atoms with E-state index < -0.39 is 47.9 Å². The Labute approximate surface area is 194 Å². The van der Waals surface area contributed by atoms with Gasteiger partial charge < -0.3 is 31.9 Å². The van der Waals surface area contributed by atoms with Crippen LogP contribution in [0.4, 0.5) is 0 Å². The van der Waals surface area contributed by atoms with Crippen LogP contribution in [0.25, 0.3) is 0 Å². The van der Waals surface area contributed by atoms with Gasteiger partial charge in [-0.3, -0.25) is 14.4 Å². The average molecular weight is 465 g/mol. The van der Waals surface area contributed by atoms with Gasteiger partial charge in [-0.1, -0.05) is 39.8 Å². The van der Waals surface area contributed by atoms with Gasteiger partial charge in [0.25, 0.3) is 0 Å². The highest BCUT2D eigenvalue weighted by atomic mass is 16.4. The molecule has 0 fully saturated rings. The Morgan fingerprint density at radius 2 is 1.39 bits per heavy atom. The lowest BCUT2D eigenvalue weighted by molar-refractivity contribution is -0.142. The zero-order valence-corrected chi connectivity index (χ0v) is 19.8. The lowest BCUT2D eigenvalue weighted by atomic mass is 10.0. The molecular formula is C23H36N4O6. The molecule has 1 aromatic rings. The Kier molecular flexibility index (Phi) is 10.8. The van der Waals surface area contributed by atoms with Gasteiger partial charge in [0.2, 0.25) is 17.7 Å². The number of carbonyl (C=O) groups excluding carboxylic acids is 3. The van der Waals surface area contributed by atoms with Gasteiger partial charge in [0.05, 0.1) is 6.04 Å². The molecule has 0 heterocycles. The number of rotatable bonds is 12. The molecule has 0 saturated heterocycles. The zero-order chi connectivity index (χ0) is 25.3. The first-order valence-corrected chi connectivity index (χ1v) is 11.0. The summed E-state index contributed by atoms with van der Waals surface area (Å²) in [5.74, 6) is -3.00. The summed E-state index contributed by atoms with van der Waals surface area (Å²) in [7, 11) is 0. The molecule has 184 valence electrons. The largest absolute Gasteiger partial charge is 0.508 e. The van der Waals surface area contributed by atoms with Crippen molar-refractivity contribution in [3.05, 3.63) is 29.8 Å². The summed E-state index contributed by atoms with van der Waals surface area (Å²) in [6, 6.07) is 2.11. The fourth-order valence-corrected chi connectivity index (χ4v) is 3.02. The van der Waals surface area contributed by atoms with Gasteiger partial charge in [-0.2, -0.15) is 0 Å². The van der Waals surface area contributed by atoms with Gasteiger partial charge in [-0.05, 0) is 42.9 Å². The molecule has 0 saturated carbocycles. The van der Waals surface area contributed by atoms with Crippen molar-refractivity contribution >= 4 is 23.7 Å². The molecule has 10 nitrogen and oxygen atoms in total. The van der Waals surface area contributed by atoms with E-state index in [9.17, 15) is 29.4 Å². The third kappa shape index (κ3) is 9.48. The normalized spacial score (nSPS) is 14.8. The van der Waals surface area contributed by atoms with Gasteiger partial charge in [-0.25, -0.2) is 4.79 Å². The van der Waals surface area contributed by atoms with Crippen molar-refractivity contribution in [1.29, 1.82) is 0 Å². The smallest absolute Gasteiger partial charge is 0.326 e. The molecule has 3 amide bonds. The SMILES string of the molecule is CC(C)CC(NC(=O)C(Cc1ccc(O)cc1)NC(=O)C(C)NC(=O)C(N)C(C)C)C(=O)O. The zero-order valence-electron chi connectivity index (χ0n) is 19.8. The molecule has 7 N–H and O–H groups in total. The van der Waals surface area contributed by atoms with E-state index in [2.05, 4.69) is 16.0 Å². The van der Waals surface area contributed by atoms with Crippen LogP contribution in [0.15, 0.2) is 24.3 Å². The summed E-state index contributed by atoms with van der Waals surface area (Å²) in [5, 5.41) is 26.5. The number of hydrogen-bond donors (Lipinski definition) is 6. The quantitative estimate of drug-likeness (QED) is 0.262. The second kappa shape index (κ2) is 12.8. The number of aromatic hydroxyl groups is 1. The molecule has 33 heavy (non-hydrogen) atoms. The van der Waals surface area contributed by atoms with E-state index in [1.807, 2.05) is 13.8 Å². The maximum Gasteiger partial charge on any atom is 0.326 e. The Morgan fingerprint density at radius 3 is 1.88 bits per heavy atom. The lowest BCUT2D eigenvalue weighted by Crippen LogP contribution is -2.57. The maximum absolute atomic E-state index is 12.9. The molecule has 0 bridgehead atoms. The molecule has 4 atom stereocenters. The predicted molar refractivity (Wildman–Crippen MR) is 123 cm³/mol. The minimum absolute atomic E-state index is 0.0249. The lowest BCUT2D eigenvalue weighted by Gasteiger charge is -2.25. The summed E-state index contributed by atoms with van der Waals surface area (Å²) < 4.78 is 0. The molecule has 0 aliphatic carbocycles. The minimum Gasteiger partial charge on any atom is -0.508 e. The summed E-state index contributed by atoms with van der Waals surface area (Å²) in [6.45, 7) is 8.70. The van der Waals surface area contributed by atoms with Crippen molar-refractivity contribution in [2.75, 3.05) is 0 Å². The first kappa shape index (κ1) is 27.9. The van der Waals surface area contributed by atoms with Crippen molar-refractivity contribution in [3.8, 4) is 5.75 Å². The standard InChI is InChI=1S/C23H36N4O6/c1-12(2)10-18(23(32)33)27-21(30)17(11-15-6-8-16(28)9-7-15)26-20(29)14(5)25-22(31)19(24)13(3)4/h6-9,12-14,17-19,28H,10-11,24H2,1-5H3,(H,25,31)(H,26,29)(H,27,30)(H,32,33). The Bertz CT molecular complexity index is 825. The van der Waals surface area contributed by atoms with Crippen molar-refractivity contribution in [1.82, 2.24) is 16.0 Å². The number of amides is 3. The molecule has 0 radical (unpaired) electrons. The third-order valence-electron chi connectivity index (χ3n) is 5.10. The Hall–Kier alpha value is -3.14. The van der Waals surface area contributed by atoms with E-state index >= 15 is 0 Å². The highest BCUT2D eigenvalue weighted by Gasteiger charge is 2.29. The number of nitrogens with two attached hydrogens (primary N) is 1. The van der Waals surface area contributed by atoms with Crippen LogP contribution in [0.5, 0.6) is 5.75 Å². The average Bonchev–Trinajstić information content (AvgIpc) is 2.72. The van der Waals surface area contributed by atoms with E-state index in [1.165, 1.54) is 19.1 Å². The van der Waals surface area contributed by atoms with Gasteiger partial charge in [0, 0.05) is 6.42 Å². The van der Waals surface area contributed by atoms with Crippen LogP contribution in [0.2, 0.25) is 0 Å². The number of phenolic OH excluding ortho intramolecular Hbond substituents is 1. The van der Waals surface area contributed by atoms with Crippen LogP contribution in [-0.4, -0.2) is 58.1 Å². The molecule has 0 aromatic heterocycles. The molecule has 1 rings (SSSR count). The summed E-state index contributed by atoms with van der Waals surface area (Å²) >= 11 is 0.